The van der Waals surface area contributed by atoms with Crippen LogP contribution in [0.4, 0.5) is 0 Å². The third-order valence-electron chi connectivity index (χ3n) is 2.90. The van der Waals surface area contributed by atoms with Gasteiger partial charge in [-0.2, -0.15) is 0 Å². The summed E-state index contributed by atoms with van der Waals surface area (Å²) in [4.78, 5) is 1.61. The highest BCUT2D eigenvalue weighted by Crippen LogP contribution is 2.23. The molecule has 0 radical (unpaired) electrons. The number of thiophene rings is 1. The van der Waals surface area contributed by atoms with Gasteiger partial charge in [-0.3, -0.25) is 0 Å². The summed E-state index contributed by atoms with van der Waals surface area (Å²) in [6.07, 6.45) is 8.25. The van der Waals surface area contributed by atoms with E-state index in [1.54, 1.807) is 4.88 Å². The molecule has 0 spiro atoms. The second-order valence-corrected chi connectivity index (χ2v) is 5.10. The van der Waals surface area contributed by atoms with Crippen LogP contribution in [0.5, 0.6) is 0 Å². The Balaban J connectivity index is 2.21. The third-order valence-corrected chi connectivity index (χ3v) is 4.16. The molecule has 0 N–H and O–H groups in total. The van der Waals surface area contributed by atoms with Crippen LogP contribution in [0.15, 0.2) is 5.38 Å². The molecule has 1 heteroatoms. The highest BCUT2D eigenvalue weighted by molar-refractivity contribution is 7.10. The van der Waals surface area contributed by atoms with E-state index >= 15 is 0 Å². The average Bonchev–Trinajstić information content (AvgIpc) is 2.49. The molecule has 0 aliphatic heterocycles. The van der Waals surface area contributed by atoms with Gasteiger partial charge in [0.15, 0.2) is 0 Å². The lowest BCUT2D eigenvalue weighted by Crippen LogP contribution is -1.85. The maximum absolute atomic E-state index is 2.29. The molecule has 1 heterocycles. The zero-order valence-corrected chi connectivity index (χ0v) is 10.5. The van der Waals surface area contributed by atoms with E-state index in [4.69, 9.17) is 0 Å². The van der Waals surface area contributed by atoms with E-state index < -0.39 is 0 Å². The van der Waals surface area contributed by atoms with Crippen LogP contribution in [0.25, 0.3) is 0 Å². The van der Waals surface area contributed by atoms with E-state index in [-0.39, 0.29) is 0 Å². The summed E-state index contributed by atoms with van der Waals surface area (Å²) in [5.74, 6) is 0. The number of hydrogen-bond donors (Lipinski definition) is 0. The number of rotatable bonds is 6. The summed E-state index contributed by atoms with van der Waals surface area (Å²) in [7, 11) is 0. The molecule has 80 valence electrons. The van der Waals surface area contributed by atoms with E-state index in [0.717, 1.165) is 0 Å². The van der Waals surface area contributed by atoms with Crippen molar-refractivity contribution in [2.45, 2.75) is 59.3 Å². The highest BCUT2D eigenvalue weighted by atomic mass is 32.1. The SMILES string of the molecule is CCCCCCCc1scc(C)c1C. The fourth-order valence-corrected chi connectivity index (χ4v) is 2.79. The molecule has 0 amide bonds. The number of unbranched alkanes of at least 4 members (excludes halogenated alkanes) is 4. The zero-order valence-electron chi connectivity index (χ0n) is 9.73. The van der Waals surface area contributed by atoms with Crippen LogP contribution in [0.1, 0.15) is 55.0 Å². The summed E-state index contributed by atoms with van der Waals surface area (Å²) in [6.45, 7) is 6.74. The van der Waals surface area contributed by atoms with Crippen LogP contribution in [0.3, 0.4) is 0 Å². The molecular formula is C13H22S. The maximum Gasteiger partial charge on any atom is 0.00771 e. The lowest BCUT2D eigenvalue weighted by atomic mass is 10.1. The quantitative estimate of drug-likeness (QED) is 0.587. The van der Waals surface area contributed by atoms with Crippen molar-refractivity contribution in [1.29, 1.82) is 0 Å². The molecule has 0 saturated heterocycles. The Labute approximate surface area is 92.4 Å². The largest absolute Gasteiger partial charge is 0.148 e. The van der Waals surface area contributed by atoms with Crippen molar-refractivity contribution in [2.75, 3.05) is 0 Å². The Morgan fingerprint density at radius 1 is 1.07 bits per heavy atom. The zero-order chi connectivity index (χ0) is 10.4. The second kappa shape index (κ2) is 6.23. The normalized spacial score (nSPS) is 10.8. The Hall–Kier alpha value is -0.300. The van der Waals surface area contributed by atoms with Crippen molar-refractivity contribution in [2.24, 2.45) is 0 Å². The summed E-state index contributed by atoms with van der Waals surface area (Å²) >= 11 is 1.94. The lowest BCUT2D eigenvalue weighted by molar-refractivity contribution is 0.634. The predicted molar refractivity (Wildman–Crippen MR) is 66.3 cm³/mol. The predicted octanol–water partition coefficient (Wildman–Crippen LogP) is 4.88. The fourth-order valence-electron chi connectivity index (χ4n) is 1.69. The molecule has 0 aliphatic carbocycles. The van der Waals surface area contributed by atoms with Crippen LogP contribution < -0.4 is 0 Å². The lowest BCUT2D eigenvalue weighted by Gasteiger charge is -2.00. The van der Waals surface area contributed by atoms with Crippen LogP contribution in [0, 0.1) is 13.8 Å². The standard InChI is InChI=1S/C13H22S/c1-4-5-6-7-8-9-13-12(3)11(2)10-14-13/h10H,4-9H2,1-3H3. The first-order chi connectivity index (χ1) is 6.75. The van der Waals surface area contributed by atoms with Crippen molar-refractivity contribution in [3.05, 3.63) is 21.4 Å². The Morgan fingerprint density at radius 2 is 1.79 bits per heavy atom. The summed E-state index contributed by atoms with van der Waals surface area (Å²) < 4.78 is 0. The summed E-state index contributed by atoms with van der Waals surface area (Å²) in [5, 5.41) is 2.29. The minimum absolute atomic E-state index is 1.30. The molecule has 0 saturated carbocycles. The van der Waals surface area contributed by atoms with Crippen molar-refractivity contribution < 1.29 is 0 Å². The van der Waals surface area contributed by atoms with Gasteiger partial charge in [-0.05, 0) is 43.2 Å². The molecule has 0 atom stereocenters. The molecule has 14 heavy (non-hydrogen) atoms. The minimum atomic E-state index is 1.30. The van der Waals surface area contributed by atoms with Crippen LogP contribution >= 0.6 is 11.3 Å². The van der Waals surface area contributed by atoms with Gasteiger partial charge in [-0.25, -0.2) is 0 Å². The Morgan fingerprint density at radius 3 is 2.36 bits per heavy atom. The van der Waals surface area contributed by atoms with Crippen molar-refractivity contribution >= 4 is 11.3 Å². The van der Waals surface area contributed by atoms with E-state index in [9.17, 15) is 0 Å². The smallest absolute Gasteiger partial charge is 0.00771 e. The van der Waals surface area contributed by atoms with Gasteiger partial charge in [0, 0.05) is 4.88 Å². The van der Waals surface area contributed by atoms with Crippen LogP contribution in [-0.4, -0.2) is 0 Å². The molecular weight excluding hydrogens is 188 g/mol. The first-order valence-electron chi connectivity index (χ1n) is 5.79. The van der Waals surface area contributed by atoms with Crippen molar-refractivity contribution in [3.8, 4) is 0 Å². The first kappa shape index (κ1) is 11.8. The van der Waals surface area contributed by atoms with Gasteiger partial charge in [0.25, 0.3) is 0 Å². The average molecular weight is 210 g/mol. The molecule has 0 unspecified atom stereocenters. The van der Waals surface area contributed by atoms with Crippen molar-refractivity contribution in [1.82, 2.24) is 0 Å². The van der Waals surface area contributed by atoms with Crippen molar-refractivity contribution in [3.63, 3.8) is 0 Å². The minimum Gasteiger partial charge on any atom is -0.148 e. The van der Waals surface area contributed by atoms with Gasteiger partial charge in [-0.15, -0.1) is 11.3 Å². The van der Waals surface area contributed by atoms with E-state index in [1.807, 2.05) is 11.3 Å². The number of aryl methyl sites for hydroxylation is 2. The van der Waals surface area contributed by atoms with Gasteiger partial charge in [-0.1, -0.05) is 32.6 Å². The van der Waals surface area contributed by atoms with E-state index in [2.05, 4.69) is 26.2 Å². The van der Waals surface area contributed by atoms with Crippen LogP contribution in [-0.2, 0) is 6.42 Å². The molecule has 1 aromatic heterocycles. The van der Waals surface area contributed by atoms with Crippen LogP contribution in [0.2, 0.25) is 0 Å². The molecule has 0 nitrogen and oxygen atoms in total. The Kier molecular flexibility index (Phi) is 5.24. The highest BCUT2D eigenvalue weighted by Gasteiger charge is 2.02. The summed E-state index contributed by atoms with van der Waals surface area (Å²) in [6, 6.07) is 0. The molecule has 0 aromatic carbocycles. The molecule has 1 aromatic rings. The van der Waals surface area contributed by atoms with Gasteiger partial charge in [0.05, 0.1) is 0 Å². The topological polar surface area (TPSA) is 0 Å². The first-order valence-corrected chi connectivity index (χ1v) is 6.67. The molecule has 0 fully saturated rings. The van der Waals surface area contributed by atoms with E-state index in [0.29, 0.717) is 0 Å². The van der Waals surface area contributed by atoms with Gasteiger partial charge < -0.3 is 0 Å². The number of hydrogen-bond acceptors (Lipinski definition) is 1. The molecule has 0 bridgehead atoms. The fraction of sp³-hybridized carbons (Fsp3) is 0.692. The summed E-state index contributed by atoms with van der Waals surface area (Å²) in [5.41, 5.74) is 3.00. The third kappa shape index (κ3) is 3.45. The molecule has 1 rings (SSSR count). The van der Waals surface area contributed by atoms with Gasteiger partial charge in [0.1, 0.15) is 0 Å². The monoisotopic (exact) mass is 210 g/mol. The second-order valence-electron chi connectivity index (χ2n) is 4.13. The molecule has 0 aliphatic rings. The maximum atomic E-state index is 2.29. The van der Waals surface area contributed by atoms with E-state index in [1.165, 1.54) is 49.7 Å². The van der Waals surface area contributed by atoms with Gasteiger partial charge in [0.2, 0.25) is 0 Å². The Bertz CT molecular complexity index is 260. The van der Waals surface area contributed by atoms with Gasteiger partial charge >= 0.3 is 0 Å².